The maximum absolute atomic E-state index is 11.7. The van der Waals surface area contributed by atoms with Gasteiger partial charge in [0.05, 0.1) is 0 Å². The van der Waals surface area contributed by atoms with E-state index in [0.717, 1.165) is 17.6 Å². The van der Waals surface area contributed by atoms with Crippen LogP contribution in [0.4, 0.5) is 4.79 Å². The lowest BCUT2D eigenvalue weighted by Crippen LogP contribution is -2.28. The van der Waals surface area contributed by atoms with Crippen LogP contribution in [0.5, 0.6) is 5.75 Å². The van der Waals surface area contributed by atoms with Gasteiger partial charge in [-0.2, -0.15) is 0 Å². The predicted octanol–water partition coefficient (Wildman–Crippen LogP) is 3.20. The molecule has 3 aromatic rings. The van der Waals surface area contributed by atoms with Gasteiger partial charge in [0.2, 0.25) is 0 Å². The molecule has 5 heteroatoms. The molecule has 22 heavy (non-hydrogen) atoms. The van der Waals surface area contributed by atoms with Crippen molar-refractivity contribution in [3.63, 3.8) is 0 Å². The largest absolute Gasteiger partial charge is 0.412 e. The normalized spacial score (nSPS) is 10.6. The number of pyridine rings is 1. The number of rotatable bonds is 4. The number of hydrogen-bond acceptors (Lipinski definition) is 3. The van der Waals surface area contributed by atoms with Gasteiger partial charge in [-0.15, -0.1) is 0 Å². The highest BCUT2D eigenvalue weighted by atomic mass is 16.6. The first-order valence-corrected chi connectivity index (χ1v) is 7.16. The van der Waals surface area contributed by atoms with E-state index in [1.54, 1.807) is 24.5 Å². The number of aromatic amines is 1. The molecule has 1 amide bonds. The Morgan fingerprint density at radius 3 is 2.82 bits per heavy atom. The Hall–Kier alpha value is -2.82. The fourth-order valence-electron chi connectivity index (χ4n) is 2.50. The molecule has 0 bridgehead atoms. The standard InChI is InChI=1S/C17H17N3O2/c1-12-14(15-4-2-3-5-16(15)20-12)8-11-19-17(21)22-13-6-9-18-10-7-13/h2-7,9-10,20H,8,11H2,1H3,(H,19,21). The highest BCUT2D eigenvalue weighted by molar-refractivity contribution is 5.84. The van der Waals surface area contributed by atoms with Crippen LogP contribution in [0.25, 0.3) is 10.9 Å². The van der Waals surface area contributed by atoms with Crippen molar-refractivity contribution in [2.45, 2.75) is 13.3 Å². The number of H-pyrrole nitrogens is 1. The molecule has 1 aromatic carbocycles. The average molecular weight is 295 g/mol. The van der Waals surface area contributed by atoms with Gasteiger partial charge in [0, 0.05) is 35.5 Å². The van der Waals surface area contributed by atoms with Crippen LogP contribution in [-0.2, 0) is 6.42 Å². The molecule has 112 valence electrons. The molecule has 0 aliphatic rings. The molecule has 0 aliphatic heterocycles. The molecule has 2 N–H and O–H groups in total. The minimum Gasteiger partial charge on any atom is -0.410 e. The Morgan fingerprint density at radius 1 is 1.23 bits per heavy atom. The molecule has 0 aliphatic carbocycles. The summed E-state index contributed by atoms with van der Waals surface area (Å²) in [4.78, 5) is 19.0. The average Bonchev–Trinajstić information content (AvgIpc) is 2.84. The number of aryl methyl sites for hydroxylation is 1. The zero-order valence-corrected chi connectivity index (χ0v) is 12.3. The highest BCUT2D eigenvalue weighted by Crippen LogP contribution is 2.21. The van der Waals surface area contributed by atoms with Crippen molar-refractivity contribution in [1.29, 1.82) is 0 Å². The van der Waals surface area contributed by atoms with Crippen molar-refractivity contribution in [3.05, 3.63) is 60.0 Å². The second kappa shape index (κ2) is 6.30. The molecule has 2 aromatic heterocycles. The van der Waals surface area contributed by atoms with E-state index in [1.807, 2.05) is 19.1 Å². The second-order valence-electron chi connectivity index (χ2n) is 5.02. The molecule has 3 rings (SSSR count). The molecule has 0 unspecified atom stereocenters. The van der Waals surface area contributed by atoms with Crippen LogP contribution in [0.2, 0.25) is 0 Å². The number of carbonyl (C=O) groups excluding carboxylic acids is 1. The summed E-state index contributed by atoms with van der Waals surface area (Å²) >= 11 is 0. The molecule has 2 heterocycles. The van der Waals surface area contributed by atoms with Crippen LogP contribution in [0, 0.1) is 6.92 Å². The number of para-hydroxylation sites is 1. The van der Waals surface area contributed by atoms with E-state index in [9.17, 15) is 4.79 Å². The summed E-state index contributed by atoms with van der Waals surface area (Å²) in [5, 5.41) is 3.96. The van der Waals surface area contributed by atoms with Gasteiger partial charge in [0.15, 0.2) is 0 Å². The fraction of sp³-hybridized carbons (Fsp3) is 0.176. The predicted molar refractivity (Wildman–Crippen MR) is 85.0 cm³/mol. The van der Waals surface area contributed by atoms with Crippen molar-refractivity contribution < 1.29 is 9.53 Å². The van der Waals surface area contributed by atoms with E-state index in [-0.39, 0.29) is 0 Å². The molecule has 0 atom stereocenters. The van der Waals surface area contributed by atoms with Gasteiger partial charge in [-0.05, 0) is 37.1 Å². The summed E-state index contributed by atoms with van der Waals surface area (Å²) in [6, 6.07) is 11.4. The molecular formula is C17H17N3O2. The monoisotopic (exact) mass is 295 g/mol. The molecule has 0 radical (unpaired) electrons. The minimum absolute atomic E-state index is 0.455. The summed E-state index contributed by atoms with van der Waals surface area (Å²) < 4.78 is 5.15. The number of nitrogens with zero attached hydrogens (tertiary/aromatic N) is 1. The number of fused-ring (bicyclic) bond motifs is 1. The van der Waals surface area contributed by atoms with Crippen LogP contribution < -0.4 is 10.1 Å². The molecule has 0 fully saturated rings. The number of nitrogens with one attached hydrogen (secondary N) is 2. The van der Waals surface area contributed by atoms with Crippen molar-refractivity contribution in [1.82, 2.24) is 15.3 Å². The van der Waals surface area contributed by atoms with Crippen molar-refractivity contribution in [3.8, 4) is 5.75 Å². The first-order valence-electron chi connectivity index (χ1n) is 7.16. The van der Waals surface area contributed by atoms with Gasteiger partial charge in [-0.3, -0.25) is 4.98 Å². The van der Waals surface area contributed by atoms with E-state index in [4.69, 9.17) is 4.74 Å². The van der Waals surface area contributed by atoms with Gasteiger partial charge in [-0.25, -0.2) is 4.79 Å². The van der Waals surface area contributed by atoms with E-state index in [1.165, 1.54) is 10.9 Å². The summed E-state index contributed by atoms with van der Waals surface area (Å²) in [6.45, 7) is 2.57. The Labute approximate surface area is 128 Å². The van der Waals surface area contributed by atoms with E-state index in [0.29, 0.717) is 12.3 Å². The maximum Gasteiger partial charge on any atom is 0.412 e. The smallest absolute Gasteiger partial charge is 0.410 e. The van der Waals surface area contributed by atoms with E-state index in [2.05, 4.69) is 27.4 Å². The lowest BCUT2D eigenvalue weighted by Gasteiger charge is -2.06. The first kappa shape index (κ1) is 14.1. The summed E-state index contributed by atoms with van der Waals surface area (Å²) in [5.74, 6) is 0.482. The topological polar surface area (TPSA) is 67.0 Å². The number of amides is 1. The Kier molecular flexibility index (Phi) is 4.05. The zero-order valence-electron chi connectivity index (χ0n) is 12.3. The summed E-state index contributed by atoms with van der Waals surface area (Å²) in [5.41, 5.74) is 3.47. The molecular weight excluding hydrogens is 278 g/mol. The van der Waals surface area contributed by atoms with Crippen LogP contribution in [-0.4, -0.2) is 22.6 Å². The second-order valence-corrected chi connectivity index (χ2v) is 5.02. The van der Waals surface area contributed by atoms with Gasteiger partial charge in [-0.1, -0.05) is 18.2 Å². The van der Waals surface area contributed by atoms with E-state index >= 15 is 0 Å². The van der Waals surface area contributed by atoms with Crippen LogP contribution in [0.3, 0.4) is 0 Å². The lowest BCUT2D eigenvalue weighted by molar-refractivity contribution is 0.200. The third kappa shape index (κ3) is 3.09. The Morgan fingerprint density at radius 2 is 2.00 bits per heavy atom. The highest BCUT2D eigenvalue weighted by Gasteiger charge is 2.09. The Balaban J connectivity index is 1.58. The SMILES string of the molecule is Cc1[nH]c2ccccc2c1CCNC(=O)Oc1ccncc1. The summed E-state index contributed by atoms with van der Waals surface area (Å²) in [6.07, 6.45) is 3.46. The first-order chi connectivity index (χ1) is 10.7. The third-order valence-corrected chi connectivity index (χ3v) is 3.53. The quantitative estimate of drug-likeness (QED) is 0.776. The van der Waals surface area contributed by atoms with Crippen LogP contribution in [0.1, 0.15) is 11.3 Å². The molecule has 0 spiro atoms. The van der Waals surface area contributed by atoms with Gasteiger partial charge in [0.25, 0.3) is 0 Å². The Bertz CT molecular complexity index is 781. The van der Waals surface area contributed by atoms with Gasteiger partial charge < -0.3 is 15.0 Å². The number of carbonyl (C=O) groups is 1. The lowest BCUT2D eigenvalue weighted by atomic mass is 10.1. The number of benzene rings is 1. The zero-order chi connectivity index (χ0) is 15.4. The van der Waals surface area contributed by atoms with E-state index < -0.39 is 6.09 Å². The van der Waals surface area contributed by atoms with Crippen molar-refractivity contribution >= 4 is 17.0 Å². The number of ether oxygens (including phenoxy) is 1. The van der Waals surface area contributed by atoms with Crippen LogP contribution in [0.15, 0.2) is 48.8 Å². The van der Waals surface area contributed by atoms with Crippen LogP contribution >= 0.6 is 0 Å². The summed E-state index contributed by atoms with van der Waals surface area (Å²) in [7, 11) is 0. The molecule has 0 saturated carbocycles. The van der Waals surface area contributed by atoms with Crippen molar-refractivity contribution in [2.24, 2.45) is 0 Å². The maximum atomic E-state index is 11.7. The van der Waals surface area contributed by atoms with Gasteiger partial charge >= 0.3 is 6.09 Å². The number of hydrogen-bond donors (Lipinski definition) is 2. The minimum atomic E-state index is -0.455. The molecule has 5 nitrogen and oxygen atoms in total. The van der Waals surface area contributed by atoms with Gasteiger partial charge in [0.1, 0.15) is 5.75 Å². The van der Waals surface area contributed by atoms with Crippen molar-refractivity contribution in [2.75, 3.05) is 6.54 Å². The molecule has 0 saturated heterocycles. The number of aromatic nitrogens is 2. The fourth-order valence-corrected chi connectivity index (χ4v) is 2.50. The third-order valence-electron chi connectivity index (χ3n) is 3.53.